The van der Waals surface area contributed by atoms with Crippen LogP contribution in [0.3, 0.4) is 0 Å². The summed E-state index contributed by atoms with van der Waals surface area (Å²) in [6.07, 6.45) is 1.02. The van der Waals surface area contributed by atoms with Crippen LogP contribution >= 0.6 is 0 Å². The van der Waals surface area contributed by atoms with Crippen molar-refractivity contribution in [1.82, 2.24) is 0 Å². The van der Waals surface area contributed by atoms with E-state index < -0.39 is 5.97 Å². The lowest BCUT2D eigenvalue weighted by Gasteiger charge is -2.07. The fraction of sp³-hybridized carbons (Fsp3) is 0.133. The molecule has 0 atom stereocenters. The summed E-state index contributed by atoms with van der Waals surface area (Å²) in [4.78, 5) is 10.7. The Hall–Kier alpha value is -2.29. The van der Waals surface area contributed by atoms with Gasteiger partial charge in [-0.15, -0.1) is 0 Å². The number of nitrogens with one attached hydrogen (secondary N) is 1. The highest BCUT2D eigenvalue weighted by molar-refractivity contribution is 5.88. The fourth-order valence-electron chi connectivity index (χ4n) is 1.69. The molecule has 3 nitrogen and oxygen atoms in total. The Morgan fingerprint density at radius 1 is 1.00 bits per heavy atom. The third-order valence-electron chi connectivity index (χ3n) is 2.78. The van der Waals surface area contributed by atoms with Gasteiger partial charge in [0.15, 0.2) is 0 Å². The van der Waals surface area contributed by atoms with Crippen molar-refractivity contribution in [3.05, 3.63) is 59.7 Å². The summed E-state index contributed by atoms with van der Waals surface area (Å²) in [6, 6.07) is 14.9. The van der Waals surface area contributed by atoms with Crippen LogP contribution in [-0.2, 0) is 6.42 Å². The molecule has 0 saturated carbocycles. The lowest BCUT2D eigenvalue weighted by molar-refractivity contribution is 0.0697. The summed E-state index contributed by atoms with van der Waals surface area (Å²) in [5, 5.41) is 12.0. The van der Waals surface area contributed by atoms with E-state index in [0.717, 1.165) is 17.8 Å². The van der Waals surface area contributed by atoms with Gasteiger partial charge < -0.3 is 10.4 Å². The quantitative estimate of drug-likeness (QED) is 0.858. The van der Waals surface area contributed by atoms with E-state index in [-0.39, 0.29) is 0 Å². The zero-order valence-corrected chi connectivity index (χ0v) is 10.2. The van der Waals surface area contributed by atoms with Crippen LogP contribution in [0.1, 0.15) is 22.8 Å². The van der Waals surface area contributed by atoms with Crippen molar-refractivity contribution < 1.29 is 9.90 Å². The first kappa shape index (κ1) is 12.2. The molecule has 18 heavy (non-hydrogen) atoms. The van der Waals surface area contributed by atoms with E-state index in [1.54, 1.807) is 24.3 Å². The molecule has 0 spiro atoms. The third-order valence-corrected chi connectivity index (χ3v) is 2.78. The van der Waals surface area contributed by atoms with Gasteiger partial charge in [-0.2, -0.15) is 0 Å². The minimum Gasteiger partial charge on any atom is -0.478 e. The predicted octanol–water partition coefficient (Wildman–Crippen LogP) is 3.69. The van der Waals surface area contributed by atoms with Crippen molar-refractivity contribution in [3.8, 4) is 0 Å². The van der Waals surface area contributed by atoms with E-state index in [1.807, 2.05) is 12.1 Å². The van der Waals surface area contributed by atoms with Gasteiger partial charge in [-0.05, 0) is 48.4 Å². The lowest BCUT2D eigenvalue weighted by Crippen LogP contribution is -1.96. The van der Waals surface area contributed by atoms with Crippen LogP contribution in [0.15, 0.2) is 48.5 Å². The van der Waals surface area contributed by atoms with Crippen LogP contribution in [0.4, 0.5) is 11.4 Å². The summed E-state index contributed by atoms with van der Waals surface area (Å²) in [5.41, 5.74) is 3.46. The number of hydrogen-bond donors (Lipinski definition) is 2. The summed E-state index contributed by atoms with van der Waals surface area (Å²) in [7, 11) is 0. The molecule has 0 aliphatic rings. The van der Waals surface area contributed by atoms with Gasteiger partial charge in [0.05, 0.1) is 5.56 Å². The molecule has 2 aromatic rings. The molecule has 0 unspecified atom stereocenters. The van der Waals surface area contributed by atoms with E-state index in [0.29, 0.717) is 5.56 Å². The first-order valence-corrected chi connectivity index (χ1v) is 5.88. The molecule has 0 aliphatic carbocycles. The molecule has 0 bridgehead atoms. The van der Waals surface area contributed by atoms with E-state index >= 15 is 0 Å². The lowest BCUT2D eigenvalue weighted by atomic mass is 10.1. The van der Waals surface area contributed by atoms with Gasteiger partial charge in [0.25, 0.3) is 0 Å². The molecule has 0 amide bonds. The molecule has 0 radical (unpaired) electrons. The van der Waals surface area contributed by atoms with E-state index in [4.69, 9.17) is 5.11 Å². The number of carbonyl (C=O) groups is 1. The van der Waals surface area contributed by atoms with Crippen LogP contribution in [0.25, 0.3) is 0 Å². The number of aryl methyl sites for hydroxylation is 1. The van der Waals surface area contributed by atoms with Crippen molar-refractivity contribution in [2.24, 2.45) is 0 Å². The Balaban J connectivity index is 2.10. The Morgan fingerprint density at radius 2 is 1.50 bits per heavy atom. The Kier molecular flexibility index (Phi) is 3.63. The number of aromatic carboxylic acids is 1. The van der Waals surface area contributed by atoms with Crippen LogP contribution < -0.4 is 5.32 Å². The van der Waals surface area contributed by atoms with E-state index in [1.165, 1.54) is 5.56 Å². The zero-order chi connectivity index (χ0) is 13.0. The molecule has 0 saturated heterocycles. The van der Waals surface area contributed by atoms with Crippen molar-refractivity contribution in [2.45, 2.75) is 13.3 Å². The molecule has 2 aromatic carbocycles. The van der Waals surface area contributed by atoms with Gasteiger partial charge in [-0.25, -0.2) is 4.79 Å². The van der Waals surface area contributed by atoms with Crippen molar-refractivity contribution >= 4 is 17.3 Å². The molecule has 0 heterocycles. The highest BCUT2D eigenvalue weighted by Crippen LogP contribution is 2.17. The minimum atomic E-state index is -0.908. The van der Waals surface area contributed by atoms with Crippen molar-refractivity contribution in [2.75, 3.05) is 5.32 Å². The first-order valence-electron chi connectivity index (χ1n) is 5.88. The summed E-state index contributed by atoms with van der Waals surface area (Å²) >= 11 is 0. The Labute approximate surface area is 106 Å². The molecular weight excluding hydrogens is 226 g/mol. The van der Waals surface area contributed by atoms with Gasteiger partial charge in [-0.3, -0.25) is 0 Å². The number of hydrogen-bond acceptors (Lipinski definition) is 2. The second-order valence-electron chi connectivity index (χ2n) is 4.06. The first-order chi connectivity index (χ1) is 8.69. The summed E-state index contributed by atoms with van der Waals surface area (Å²) in [6.45, 7) is 2.12. The monoisotopic (exact) mass is 241 g/mol. The predicted molar refractivity (Wildman–Crippen MR) is 72.5 cm³/mol. The van der Waals surface area contributed by atoms with Gasteiger partial charge in [-0.1, -0.05) is 19.1 Å². The second-order valence-corrected chi connectivity index (χ2v) is 4.06. The van der Waals surface area contributed by atoms with Gasteiger partial charge in [0, 0.05) is 11.4 Å². The number of rotatable bonds is 4. The van der Waals surface area contributed by atoms with Crippen molar-refractivity contribution in [1.29, 1.82) is 0 Å². The van der Waals surface area contributed by atoms with Gasteiger partial charge >= 0.3 is 5.97 Å². The maximum absolute atomic E-state index is 10.7. The average molecular weight is 241 g/mol. The zero-order valence-electron chi connectivity index (χ0n) is 10.2. The summed E-state index contributed by atoms with van der Waals surface area (Å²) in [5.74, 6) is -0.908. The SMILES string of the molecule is CCc1ccc(Nc2ccc(C(=O)O)cc2)cc1. The van der Waals surface area contributed by atoms with Gasteiger partial charge in [0.2, 0.25) is 0 Å². The number of anilines is 2. The smallest absolute Gasteiger partial charge is 0.335 e. The molecule has 2 N–H and O–H groups in total. The largest absolute Gasteiger partial charge is 0.478 e. The number of carboxylic acids is 1. The number of benzene rings is 2. The van der Waals surface area contributed by atoms with Gasteiger partial charge in [0.1, 0.15) is 0 Å². The molecule has 92 valence electrons. The molecular formula is C15H15NO2. The van der Waals surface area contributed by atoms with Crippen LogP contribution in [-0.4, -0.2) is 11.1 Å². The highest BCUT2D eigenvalue weighted by atomic mass is 16.4. The van der Waals surface area contributed by atoms with Crippen LogP contribution in [0.2, 0.25) is 0 Å². The molecule has 0 aliphatic heterocycles. The number of carboxylic acid groups (broad SMARTS) is 1. The fourth-order valence-corrected chi connectivity index (χ4v) is 1.69. The highest BCUT2D eigenvalue weighted by Gasteiger charge is 2.01. The second kappa shape index (κ2) is 5.36. The standard InChI is InChI=1S/C15H15NO2/c1-2-11-3-7-13(8-4-11)16-14-9-5-12(6-10-14)15(17)18/h3-10,16H,2H2,1H3,(H,17,18). The molecule has 3 heteroatoms. The maximum Gasteiger partial charge on any atom is 0.335 e. The third kappa shape index (κ3) is 2.88. The Morgan fingerprint density at radius 3 is 1.94 bits per heavy atom. The molecule has 2 rings (SSSR count). The minimum absolute atomic E-state index is 0.293. The van der Waals surface area contributed by atoms with Crippen LogP contribution in [0.5, 0.6) is 0 Å². The van der Waals surface area contributed by atoms with Crippen molar-refractivity contribution in [3.63, 3.8) is 0 Å². The van der Waals surface area contributed by atoms with E-state index in [9.17, 15) is 4.79 Å². The normalized spacial score (nSPS) is 10.1. The van der Waals surface area contributed by atoms with Crippen LogP contribution in [0, 0.1) is 0 Å². The molecule has 0 fully saturated rings. The average Bonchev–Trinajstić information content (AvgIpc) is 2.40. The molecule has 0 aromatic heterocycles. The maximum atomic E-state index is 10.7. The van der Waals surface area contributed by atoms with E-state index in [2.05, 4.69) is 24.4 Å². The Bertz CT molecular complexity index is 529. The summed E-state index contributed by atoms with van der Waals surface area (Å²) < 4.78 is 0. The topological polar surface area (TPSA) is 49.3 Å².